The van der Waals surface area contributed by atoms with E-state index >= 15 is 0 Å². The molecule has 1 aliphatic heterocycles. The Hall–Kier alpha value is -1.89. The van der Waals surface area contributed by atoms with Crippen LogP contribution in [0.1, 0.15) is 31.7 Å². The van der Waals surface area contributed by atoms with Gasteiger partial charge in [-0.05, 0) is 55.9 Å². The molecule has 1 aromatic carbocycles. The van der Waals surface area contributed by atoms with Gasteiger partial charge in [0, 0.05) is 20.1 Å². The molecule has 1 N–H and O–H groups in total. The maximum atomic E-state index is 12.8. The van der Waals surface area contributed by atoms with Gasteiger partial charge in [-0.3, -0.25) is 0 Å². The van der Waals surface area contributed by atoms with Crippen molar-refractivity contribution < 1.29 is 13.2 Å². The number of aryl methyl sites for hydroxylation is 1. The van der Waals surface area contributed by atoms with E-state index in [4.69, 9.17) is 4.74 Å². The number of unbranched alkanes of at least 4 members (excludes halogenated alkanes) is 1. The van der Waals surface area contributed by atoms with Crippen molar-refractivity contribution in [2.75, 3.05) is 26.7 Å². The smallest absolute Gasteiger partial charge is 0.242 e. The lowest BCUT2D eigenvalue weighted by molar-refractivity contribution is 0.170. The second kappa shape index (κ2) is 10.2. The standard InChI is InChI=1S/C23H32N2O3S/c1-19-9-3-5-11-22(17-19)29(26,27)25(2)16-8-7-15-24-18-21-14-13-20-10-4-6-12-23(20)28-21/h3-6,9-12,17,19,21,24H,7-8,13-16,18H2,1-2H3/t19?,21-/m1/s1. The van der Waals surface area contributed by atoms with Crippen LogP contribution in [0.4, 0.5) is 0 Å². The fourth-order valence-corrected chi connectivity index (χ4v) is 4.97. The van der Waals surface area contributed by atoms with Crippen LogP contribution in [0.2, 0.25) is 0 Å². The largest absolute Gasteiger partial charge is 0.489 e. The van der Waals surface area contributed by atoms with Crippen LogP contribution in [-0.2, 0) is 16.4 Å². The SMILES string of the molecule is CC1C=CC=CC(S(=O)(=O)N(C)CCCCNC[C@H]2CCc3ccccc3O2)=C1. The molecule has 2 aliphatic rings. The topological polar surface area (TPSA) is 58.6 Å². The molecule has 1 aliphatic carbocycles. The van der Waals surface area contributed by atoms with Crippen LogP contribution < -0.4 is 10.1 Å². The quantitative estimate of drug-likeness (QED) is 0.624. The maximum Gasteiger partial charge on any atom is 0.242 e. The van der Waals surface area contributed by atoms with Gasteiger partial charge in [0.15, 0.2) is 0 Å². The number of hydrogen-bond acceptors (Lipinski definition) is 4. The highest BCUT2D eigenvalue weighted by Gasteiger charge is 2.22. The Morgan fingerprint density at radius 1 is 1.21 bits per heavy atom. The summed E-state index contributed by atoms with van der Waals surface area (Å²) in [6.07, 6.45) is 13.2. The summed E-state index contributed by atoms with van der Waals surface area (Å²) in [7, 11) is -1.77. The second-order valence-electron chi connectivity index (χ2n) is 7.80. The number of benzene rings is 1. The third-order valence-electron chi connectivity index (χ3n) is 5.37. The molecule has 2 atom stereocenters. The summed E-state index contributed by atoms with van der Waals surface area (Å²) >= 11 is 0. The maximum absolute atomic E-state index is 12.8. The average Bonchev–Trinajstić information content (AvgIpc) is 2.95. The van der Waals surface area contributed by atoms with E-state index in [0.29, 0.717) is 11.4 Å². The van der Waals surface area contributed by atoms with Gasteiger partial charge in [-0.2, -0.15) is 0 Å². The van der Waals surface area contributed by atoms with Crippen LogP contribution in [0.5, 0.6) is 5.75 Å². The summed E-state index contributed by atoms with van der Waals surface area (Å²) in [5.41, 5.74) is 1.29. The molecule has 0 fully saturated rings. The number of nitrogens with one attached hydrogen (secondary N) is 1. The van der Waals surface area contributed by atoms with Gasteiger partial charge >= 0.3 is 0 Å². The molecule has 1 aromatic rings. The van der Waals surface area contributed by atoms with Crippen molar-refractivity contribution in [3.8, 4) is 5.75 Å². The summed E-state index contributed by atoms with van der Waals surface area (Å²) in [5.74, 6) is 1.12. The lowest BCUT2D eigenvalue weighted by Gasteiger charge is -2.26. The van der Waals surface area contributed by atoms with Crippen molar-refractivity contribution in [2.45, 2.75) is 38.7 Å². The van der Waals surface area contributed by atoms with Gasteiger partial charge in [-0.15, -0.1) is 0 Å². The lowest BCUT2D eigenvalue weighted by atomic mass is 10.0. The lowest BCUT2D eigenvalue weighted by Crippen LogP contribution is -2.35. The third kappa shape index (κ3) is 6.04. The third-order valence-corrected chi connectivity index (χ3v) is 7.24. The first-order valence-electron chi connectivity index (χ1n) is 10.4. The molecular weight excluding hydrogens is 384 g/mol. The predicted molar refractivity (Wildman–Crippen MR) is 118 cm³/mol. The molecular formula is C23H32N2O3S. The predicted octanol–water partition coefficient (Wildman–Crippen LogP) is 3.66. The van der Waals surface area contributed by atoms with Gasteiger partial charge in [0.05, 0.1) is 4.91 Å². The number of ether oxygens (including phenoxy) is 1. The number of sulfonamides is 1. The van der Waals surface area contributed by atoms with Crippen molar-refractivity contribution in [3.05, 3.63) is 65.1 Å². The second-order valence-corrected chi connectivity index (χ2v) is 9.84. The molecule has 0 bridgehead atoms. The van der Waals surface area contributed by atoms with Crippen LogP contribution in [0, 0.1) is 5.92 Å². The first-order chi connectivity index (χ1) is 14.0. The molecule has 0 saturated heterocycles. The monoisotopic (exact) mass is 416 g/mol. The van der Waals surface area contributed by atoms with Crippen LogP contribution in [0.3, 0.4) is 0 Å². The molecule has 3 rings (SSSR count). The number of rotatable bonds is 9. The fourth-order valence-electron chi connectivity index (χ4n) is 3.60. The fraction of sp³-hybridized carbons (Fsp3) is 0.478. The molecule has 29 heavy (non-hydrogen) atoms. The molecule has 0 radical (unpaired) electrons. The number of para-hydroxylation sites is 1. The zero-order chi connectivity index (χ0) is 20.7. The molecule has 158 valence electrons. The van der Waals surface area contributed by atoms with Gasteiger partial charge < -0.3 is 10.1 Å². The Kier molecular flexibility index (Phi) is 7.70. The van der Waals surface area contributed by atoms with E-state index in [1.165, 1.54) is 9.87 Å². The first kappa shape index (κ1) is 21.8. The van der Waals surface area contributed by atoms with Crippen molar-refractivity contribution in [3.63, 3.8) is 0 Å². The molecule has 0 amide bonds. The van der Waals surface area contributed by atoms with Crippen LogP contribution in [0.25, 0.3) is 0 Å². The summed E-state index contributed by atoms with van der Waals surface area (Å²) in [6.45, 7) is 4.19. The summed E-state index contributed by atoms with van der Waals surface area (Å²) in [5, 5.41) is 3.45. The van der Waals surface area contributed by atoms with Gasteiger partial charge in [0.2, 0.25) is 10.0 Å². The molecule has 6 heteroatoms. The Balaban J connectivity index is 1.35. The molecule has 1 heterocycles. The van der Waals surface area contributed by atoms with Gasteiger partial charge in [0.25, 0.3) is 0 Å². The van der Waals surface area contributed by atoms with Crippen LogP contribution >= 0.6 is 0 Å². The van der Waals surface area contributed by atoms with E-state index in [-0.39, 0.29) is 12.0 Å². The van der Waals surface area contributed by atoms with E-state index < -0.39 is 10.0 Å². The minimum Gasteiger partial charge on any atom is -0.489 e. The Bertz CT molecular complexity index is 874. The number of nitrogens with zero attached hydrogens (tertiary/aromatic N) is 1. The Labute approximate surface area is 175 Å². The molecule has 0 spiro atoms. The van der Waals surface area contributed by atoms with Crippen LogP contribution in [0.15, 0.2) is 59.6 Å². The normalized spacial score (nSPS) is 21.4. The number of hydrogen-bond donors (Lipinski definition) is 1. The molecule has 1 unspecified atom stereocenters. The van der Waals surface area contributed by atoms with E-state index in [1.54, 1.807) is 25.3 Å². The number of allylic oxidation sites excluding steroid dienone is 5. The highest BCUT2D eigenvalue weighted by molar-refractivity contribution is 7.93. The van der Waals surface area contributed by atoms with Gasteiger partial charge in [-0.1, -0.05) is 49.4 Å². The first-order valence-corrected chi connectivity index (χ1v) is 11.9. The van der Waals surface area contributed by atoms with E-state index in [0.717, 1.165) is 44.5 Å². The van der Waals surface area contributed by atoms with Gasteiger partial charge in [0.1, 0.15) is 11.9 Å². The zero-order valence-corrected chi connectivity index (χ0v) is 18.2. The minimum atomic E-state index is -3.43. The minimum absolute atomic E-state index is 0.112. The van der Waals surface area contributed by atoms with E-state index in [9.17, 15) is 8.42 Å². The van der Waals surface area contributed by atoms with Crippen LogP contribution in [-0.4, -0.2) is 45.5 Å². The van der Waals surface area contributed by atoms with E-state index in [2.05, 4.69) is 17.4 Å². The summed E-state index contributed by atoms with van der Waals surface area (Å²) < 4.78 is 33.0. The van der Waals surface area contributed by atoms with E-state index in [1.807, 2.05) is 31.2 Å². The Morgan fingerprint density at radius 3 is 2.90 bits per heavy atom. The number of fused-ring (bicyclic) bond motifs is 1. The van der Waals surface area contributed by atoms with Crippen molar-refractivity contribution in [1.29, 1.82) is 0 Å². The molecule has 0 saturated carbocycles. The molecule has 0 aromatic heterocycles. The Morgan fingerprint density at radius 2 is 2.03 bits per heavy atom. The summed E-state index contributed by atoms with van der Waals surface area (Å²) in [4.78, 5) is 0.380. The van der Waals surface area contributed by atoms with Gasteiger partial charge in [-0.25, -0.2) is 12.7 Å². The highest BCUT2D eigenvalue weighted by atomic mass is 32.2. The van der Waals surface area contributed by atoms with Crippen molar-refractivity contribution in [1.82, 2.24) is 9.62 Å². The zero-order valence-electron chi connectivity index (χ0n) is 17.4. The van der Waals surface area contributed by atoms with Crippen molar-refractivity contribution >= 4 is 10.0 Å². The molecule has 5 nitrogen and oxygen atoms in total. The highest BCUT2D eigenvalue weighted by Crippen LogP contribution is 2.26. The van der Waals surface area contributed by atoms with Crippen molar-refractivity contribution in [2.24, 2.45) is 5.92 Å². The summed E-state index contributed by atoms with van der Waals surface area (Å²) in [6, 6.07) is 8.23. The average molecular weight is 417 g/mol.